The van der Waals surface area contributed by atoms with Crippen LogP contribution in [0.3, 0.4) is 0 Å². The molecular weight excluding hydrogens is 786 g/mol. The van der Waals surface area contributed by atoms with E-state index in [2.05, 4.69) is 24.8 Å². The van der Waals surface area contributed by atoms with Gasteiger partial charge in [0, 0.05) is 77.9 Å². The Kier molecular flexibility index (Phi) is 10.1. The van der Waals surface area contributed by atoms with Gasteiger partial charge in [-0.15, -0.1) is 0 Å². The third-order valence-electron chi connectivity index (χ3n) is 12.7. The van der Waals surface area contributed by atoms with Crippen molar-refractivity contribution in [1.82, 2.24) is 29.9 Å². The Morgan fingerprint density at radius 1 is 0.897 bits per heavy atom. The summed E-state index contributed by atoms with van der Waals surface area (Å²) in [6.07, 6.45) is 11.6. The molecule has 1 saturated carbocycles. The Balaban J connectivity index is 0.798. The Labute approximate surface area is 344 Å². The number of nitrogens with zero attached hydrogens (tertiary/aromatic N) is 6. The number of anilines is 2. The minimum atomic E-state index is -0.978. The molecule has 4 atom stereocenters. The third-order valence-corrected chi connectivity index (χ3v) is 13.4. The molecule has 0 spiro atoms. The van der Waals surface area contributed by atoms with E-state index in [1.54, 1.807) is 31.3 Å². The first-order valence-corrected chi connectivity index (χ1v) is 20.7. The summed E-state index contributed by atoms with van der Waals surface area (Å²) in [5, 5.41) is 7.19. The van der Waals surface area contributed by atoms with E-state index in [-0.39, 0.29) is 29.7 Å². The fourth-order valence-corrected chi connectivity index (χ4v) is 10.3. The van der Waals surface area contributed by atoms with Gasteiger partial charge in [0.2, 0.25) is 11.8 Å². The highest BCUT2D eigenvalue weighted by atomic mass is 35.5. The van der Waals surface area contributed by atoms with Crippen LogP contribution in [0.4, 0.5) is 15.9 Å². The highest BCUT2D eigenvalue weighted by Gasteiger charge is 2.46. The molecule has 3 N–H and O–H groups in total. The molecule has 4 fully saturated rings. The van der Waals surface area contributed by atoms with Crippen molar-refractivity contribution in [3.05, 3.63) is 87.5 Å². The van der Waals surface area contributed by atoms with Crippen molar-refractivity contribution in [3.63, 3.8) is 0 Å². The van der Waals surface area contributed by atoms with Gasteiger partial charge in [-0.05, 0) is 94.2 Å². The molecule has 3 unspecified atom stereocenters. The highest BCUT2D eigenvalue weighted by molar-refractivity contribution is 6.36. The predicted molar refractivity (Wildman–Crippen MR) is 215 cm³/mol. The third kappa shape index (κ3) is 6.98. The van der Waals surface area contributed by atoms with Gasteiger partial charge in [-0.3, -0.25) is 39.0 Å². The SMILES string of the molecule is C[C@@H](Oc1cc(-c2cnn(C3CCC(CN4C5CCC4CN(c4ccc6c(c4)C(=O)N(C4CCC(=O)NC4=O)C6=O)C5)CC3)c2)cnc1N)c1c(Cl)ccc(F)c1Cl. The zero-order chi connectivity index (χ0) is 40.4. The maximum absolute atomic E-state index is 14.2. The van der Waals surface area contributed by atoms with Crippen molar-refractivity contribution in [2.24, 2.45) is 5.92 Å². The van der Waals surface area contributed by atoms with Gasteiger partial charge in [-0.25, -0.2) is 9.37 Å². The Morgan fingerprint density at radius 2 is 1.62 bits per heavy atom. The number of halogens is 3. The molecule has 6 heterocycles. The maximum atomic E-state index is 14.2. The summed E-state index contributed by atoms with van der Waals surface area (Å²) >= 11 is 12.5. The Morgan fingerprint density at radius 3 is 2.36 bits per heavy atom. The van der Waals surface area contributed by atoms with Crippen LogP contribution >= 0.6 is 23.2 Å². The molecule has 4 aliphatic heterocycles. The van der Waals surface area contributed by atoms with Gasteiger partial charge in [-0.1, -0.05) is 23.2 Å². The fraction of sp³-hybridized carbons (Fsp3) is 0.429. The number of benzene rings is 2. The molecule has 2 aromatic heterocycles. The van der Waals surface area contributed by atoms with Crippen molar-refractivity contribution < 1.29 is 28.3 Å². The molecule has 4 aromatic rings. The molecule has 2 bridgehead atoms. The summed E-state index contributed by atoms with van der Waals surface area (Å²) in [4.78, 5) is 61.3. The highest BCUT2D eigenvalue weighted by Crippen LogP contribution is 2.40. The van der Waals surface area contributed by atoms with Crippen LogP contribution in [-0.2, 0) is 9.59 Å². The summed E-state index contributed by atoms with van der Waals surface area (Å²) in [5.74, 6) is -1.43. The number of amides is 4. The van der Waals surface area contributed by atoms with Gasteiger partial charge >= 0.3 is 0 Å². The topological polar surface area (TPSA) is 156 Å². The minimum absolute atomic E-state index is 0.0894. The second-order valence-electron chi connectivity index (χ2n) is 16.2. The van der Waals surface area contributed by atoms with Crippen LogP contribution in [0.1, 0.15) is 96.7 Å². The maximum Gasteiger partial charge on any atom is 0.262 e. The molecule has 3 saturated heterocycles. The summed E-state index contributed by atoms with van der Waals surface area (Å²) in [5.41, 5.74) is 9.71. The number of carbonyl (C=O) groups excluding carboxylic acids is 4. The number of pyridine rings is 1. The minimum Gasteiger partial charge on any atom is -0.482 e. The molecule has 302 valence electrons. The number of ether oxygens (including phenoxy) is 1. The molecule has 5 aliphatic rings. The number of aromatic nitrogens is 3. The first-order chi connectivity index (χ1) is 27.9. The van der Waals surface area contributed by atoms with E-state index in [1.165, 1.54) is 12.1 Å². The number of piperazine rings is 1. The van der Waals surface area contributed by atoms with Crippen molar-refractivity contribution in [2.45, 2.75) is 88.6 Å². The van der Waals surface area contributed by atoms with Crippen molar-refractivity contribution in [2.75, 3.05) is 30.3 Å². The van der Waals surface area contributed by atoms with E-state index >= 15 is 0 Å². The molecular formula is C42H43Cl2FN8O5. The summed E-state index contributed by atoms with van der Waals surface area (Å²) in [6, 6.07) is 10.00. The second-order valence-corrected chi connectivity index (χ2v) is 17.0. The standard InChI is InChI=1S/C42H43Cl2FN8O5/c1-22(37-32(43)10-11-33(45)38(37)44)58-35-14-24(16-47-39(35)46)25-17-48-52(19-25)26-4-2-23(3-5-26)18-51-28-6-7-29(51)21-50(20-28)27-8-9-30-31(15-27)42(57)53(41(30)56)34-12-13-36(54)49-40(34)55/h8-11,14-17,19,22-23,26,28-29,34H,2-7,12-13,18,20-21H2,1H3,(H2,46,47)(H,49,54,55)/t22-,23?,26?,28?,29?,34?/m1/s1. The zero-order valence-electron chi connectivity index (χ0n) is 31.9. The van der Waals surface area contributed by atoms with E-state index in [4.69, 9.17) is 38.8 Å². The average Bonchev–Trinajstić information content (AvgIpc) is 3.86. The lowest BCUT2D eigenvalue weighted by atomic mass is 9.85. The zero-order valence-corrected chi connectivity index (χ0v) is 33.4. The summed E-state index contributed by atoms with van der Waals surface area (Å²) < 4.78 is 22.4. The number of nitrogens with one attached hydrogen (secondary N) is 1. The molecule has 0 radical (unpaired) electrons. The first kappa shape index (κ1) is 38.5. The van der Waals surface area contributed by atoms with Crippen LogP contribution in [0, 0.1) is 11.7 Å². The number of fused-ring (bicyclic) bond motifs is 3. The predicted octanol–water partition coefficient (Wildman–Crippen LogP) is 6.60. The van der Waals surface area contributed by atoms with Gasteiger partial charge in [0.05, 0.1) is 28.4 Å². The molecule has 16 heteroatoms. The van der Waals surface area contributed by atoms with Crippen molar-refractivity contribution in [1.29, 1.82) is 0 Å². The molecule has 13 nitrogen and oxygen atoms in total. The molecule has 1 aliphatic carbocycles. The number of hydrogen-bond acceptors (Lipinski definition) is 10. The monoisotopic (exact) mass is 828 g/mol. The fourth-order valence-electron chi connectivity index (χ4n) is 9.60. The van der Waals surface area contributed by atoms with Gasteiger partial charge in [0.15, 0.2) is 11.6 Å². The molecule has 4 amide bonds. The van der Waals surface area contributed by atoms with E-state index in [0.717, 1.165) is 79.9 Å². The number of nitrogens with two attached hydrogens (primary N) is 1. The van der Waals surface area contributed by atoms with E-state index in [0.29, 0.717) is 45.5 Å². The lowest BCUT2D eigenvalue weighted by molar-refractivity contribution is -0.136. The lowest BCUT2D eigenvalue weighted by Crippen LogP contribution is -2.55. The average molecular weight is 830 g/mol. The van der Waals surface area contributed by atoms with Crippen LogP contribution in [0.25, 0.3) is 11.1 Å². The van der Waals surface area contributed by atoms with Crippen LogP contribution in [0.2, 0.25) is 10.0 Å². The van der Waals surface area contributed by atoms with Gasteiger partial charge < -0.3 is 15.4 Å². The van der Waals surface area contributed by atoms with Gasteiger partial charge in [0.25, 0.3) is 11.8 Å². The number of hydrogen-bond donors (Lipinski definition) is 2. The number of nitrogen functional groups attached to an aromatic ring is 1. The Bertz CT molecular complexity index is 2320. The van der Waals surface area contributed by atoms with Crippen LogP contribution in [0.15, 0.2) is 55.0 Å². The van der Waals surface area contributed by atoms with Crippen LogP contribution in [0.5, 0.6) is 5.75 Å². The van der Waals surface area contributed by atoms with Crippen LogP contribution in [-0.4, -0.2) is 86.0 Å². The van der Waals surface area contributed by atoms with Gasteiger partial charge in [-0.2, -0.15) is 5.10 Å². The molecule has 58 heavy (non-hydrogen) atoms. The normalized spacial score (nSPS) is 25.3. The quantitative estimate of drug-likeness (QED) is 0.139. The molecule has 9 rings (SSSR count). The number of piperidine rings is 1. The largest absolute Gasteiger partial charge is 0.482 e. The van der Waals surface area contributed by atoms with Crippen LogP contribution < -0.4 is 20.7 Å². The molecule has 2 aromatic carbocycles. The number of carbonyl (C=O) groups is 4. The van der Waals surface area contributed by atoms with E-state index < -0.39 is 41.6 Å². The number of rotatable bonds is 9. The second kappa shape index (κ2) is 15.3. The van der Waals surface area contributed by atoms with E-state index in [1.807, 2.05) is 18.5 Å². The first-order valence-electron chi connectivity index (χ1n) is 19.9. The van der Waals surface area contributed by atoms with E-state index in [9.17, 15) is 23.6 Å². The number of imide groups is 2. The van der Waals surface area contributed by atoms with Crippen molar-refractivity contribution >= 4 is 58.3 Å². The summed E-state index contributed by atoms with van der Waals surface area (Å²) in [7, 11) is 0. The smallest absolute Gasteiger partial charge is 0.262 e. The lowest BCUT2D eigenvalue weighted by Gasteiger charge is -2.44. The van der Waals surface area contributed by atoms with Crippen molar-refractivity contribution in [3.8, 4) is 16.9 Å². The Hall–Kier alpha value is -5.05. The van der Waals surface area contributed by atoms with Gasteiger partial charge in [0.1, 0.15) is 18.0 Å². The summed E-state index contributed by atoms with van der Waals surface area (Å²) in [6.45, 7) is 4.47.